The maximum Gasteiger partial charge on any atom is 0.251 e. The van der Waals surface area contributed by atoms with Gasteiger partial charge in [0.15, 0.2) is 5.96 Å². The molecule has 2 aromatic rings. The zero-order valence-corrected chi connectivity index (χ0v) is 18.8. The Morgan fingerprint density at radius 3 is 2.41 bits per heavy atom. The van der Waals surface area contributed by atoms with Gasteiger partial charge in [-0.1, -0.05) is 35.9 Å². The first kappa shape index (κ1) is 23.0. The van der Waals surface area contributed by atoms with Gasteiger partial charge in [0.05, 0.1) is 0 Å². The first-order valence-electron chi connectivity index (χ1n) is 8.91. The molecule has 0 atom stereocenters. The van der Waals surface area contributed by atoms with Crippen LogP contribution < -0.4 is 16.0 Å². The predicted octanol–water partition coefficient (Wildman–Crippen LogP) is 3.54. The lowest BCUT2D eigenvalue weighted by molar-refractivity contribution is 0.0955. The van der Waals surface area contributed by atoms with Crippen LogP contribution in [0.25, 0.3) is 0 Å². The summed E-state index contributed by atoms with van der Waals surface area (Å²) in [5.74, 6) is 0.681. The van der Waals surface area contributed by atoms with Gasteiger partial charge >= 0.3 is 0 Å². The predicted molar refractivity (Wildman–Crippen MR) is 123 cm³/mol. The molecule has 0 aliphatic carbocycles. The summed E-state index contributed by atoms with van der Waals surface area (Å²) in [5.41, 5.74) is 5.48. The number of hydrogen-bond donors (Lipinski definition) is 3. The van der Waals surface area contributed by atoms with E-state index in [1.165, 1.54) is 16.7 Å². The minimum atomic E-state index is -0.0493. The molecule has 0 saturated carbocycles. The van der Waals surface area contributed by atoms with E-state index in [0.29, 0.717) is 25.2 Å². The van der Waals surface area contributed by atoms with Crippen LogP contribution in [-0.4, -0.2) is 25.5 Å². The second-order valence-electron chi connectivity index (χ2n) is 6.27. The summed E-state index contributed by atoms with van der Waals surface area (Å²) >= 11 is 0. The van der Waals surface area contributed by atoms with E-state index in [1.54, 1.807) is 7.05 Å². The van der Waals surface area contributed by atoms with E-state index in [9.17, 15) is 4.79 Å². The van der Waals surface area contributed by atoms with Crippen LogP contribution >= 0.6 is 24.0 Å². The minimum absolute atomic E-state index is 0. The summed E-state index contributed by atoms with van der Waals surface area (Å²) in [4.78, 5) is 16.2. The van der Waals surface area contributed by atoms with Crippen LogP contribution in [0, 0.1) is 13.8 Å². The highest BCUT2D eigenvalue weighted by Crippen LogP contribution is 2.10. The van der Waals surface area contributed by atoms with Gasteiger partial charge in [0.2, 0.25) is 0 Å². The summed E-state index contributed by atoms with van der Waals surface area (Å²) < 4.78 is 0. The van der Waals surface area contributed by atoms with E-state index >= 15 is 0 Å². The van der Waals surface area contributed by atoms with Crippen molar-refractivity contribution < 1.29 is 4.79 Å². The molecule has 6 heteroatoms. The third-order valence-corrected chi connectivity index (χ3v) is 4.15. The van der Waals surface area contributed by atoms with Gasteiger partial charge in [-0.3, -0.25) is 9.79 Å². The Morgan fingerprint density at radius 1 is 1.00 bits per heavy atom. The van der Waals surface area contributed by atoms with Crippen LogP contribution in [0.15, 0.2) is 47.5 Å². The number of guanidine groups is 1. The Labute approximate surface area is 179 Å². The molecule has 2 rings (SSSR count). The van der Waals surface area contributed by atoms with Crippen LogP contribution in [0.4, 0.5) is 0 Å². The van der Waals surface area contributed by atoms with Crippen LogP contribution in [0.2, 0.25) is 0 Å². The van der Waals surface area contributed by atoms with E-state index < -0.39 is 0 Å². The standard InChI is InChI=1S/C21H28N4O.HI/c1-5-23-20(26)18-8-6-7-17(12-18)13-24-21(22-4)25-14-19-10-9-15(2)11-16(19)3;/h6-12H,5,13-14H2,1-4H3,(H,23,26)(H2,22,24,25);1H. The fourth-order valence-corrected chi connectivity index (χ4v) is 2.71. The number of nitrogens with one attached hydrogen (secondary N) is 3. The molecule has 0 aliphatic rings. The molecule has 1 amide bonds. The van der Waals surface area contributed by atoms with E-state index in [4.69, 9.17) is 0 Å². The van der Waals surface area contributed by atoms with Crippen molar-refractivity contribution >= 4 is 35.8 Å². The lowest BCUT2D eigenvalue weighted by Crippen LogP contribution is -2.36. The van der Waals surface area contributed by atoms with Crippen LogP contribution in [0.3, 0.4) is 0 Å². The quantitative estimate of drug-likeness (QED) is 0.337. The monoisotopic (exact) mass is 480 g/mol. The largest absolute Gasteiger partial charge is 0.352 e. The Bertz CT molecular complexity index is 790. The van der Waals surface area contributed by atoms with Gasteiger partial charge in [-0.15, -0.1) is 24.0 Å². The number of benzene rings is 2. The maximum absolute atomic E-state index is 11.9. The smallest absolute Gasteiger partial charge is 0.251 e. The van der Waals surface area contributed by atoms with Crippen molar-refractivity contribution in [1.82, 2.24) is 16.0 Å². The van der Waals surface area contributed by atoms with Crippen molar-refractivity contribution in [3.05, 3.63) is 70.3 Å². The third kappa shape index (κ3) is 7.21. The van der Waals surface area contributed by atoms with Crippen molar-refractivity contribution in [2.24, 2.45) is 4.99 Å². The van der Waals surface area contributed by atoms with Gasteiger partial charge in [-0.05, 0) is 49.6 Å². The Balaban J connectivity index is 0.00000364. The molecule has 2 aromatic carbocycles. The van der Waals surface area contributed by atoms with Gasteiger partial charge < -0.3 is 16.0 Å². The molecule has 0 spiro atoms. The van der Waals surface area contributed by atoms with Crippen molar-refractivity contribution in [3.63, 3.8) is 0 Å². The van der Waals surface area contributed by atoms with Crippen LogP contribution in [0.1, 0.15) is 39.5 Å². The number of rotatable bonds is 6. The van der Waals surface area contributed by atoms with Crippen LogP contribution in [-0.2, 0) is 13.1 Å². The number of aryl methyl sites for hydroxylation is 2. The molecule has 27 heavy (non-hydrogen) atoms. The number of aliphatic imine (C=N–C) groups is 1. The molecular formula is C21H29IN4O. The topological polar surface area (TPSA) is 65.5 Å². The SMILES string of the molecule is CCNC(=O)c1cccc(CNC(=NC)NCc2ccc(C)cc2C)c1.I. The Morgan fingerprint density at radius 2 is 1.74 bits per heavy atom. The number of carbonyl (C=O) groups is 1. The molecule has 0 unspecified atom stereocenters. The van der Waals surface area contributed by atoms with Crippen LogP contribution in [0.5, 0.6) is 0 Å². The zero-order chi connectivity index (χ0) is 18.9. The second kappa shape index (κ2) is 11.6. The zero-order valence-electron chi connectivity index (χ0n) is 16.4. The van der Waals surface area contributed by atoms with Crippen molar-refractivity contribution in [1.29, 1.82) is 0 Å². The van der Waals surface area contributed by atoms with Crippen molar-refractivity contribution in [2.45, 2.75) is 33.9 Å². The molecule has 0 radical (unpaired) electrons. The fourth-order valence-electron chi connectivity index (χ4n) is 2.71. The molecule has 0 bridgehead atoms. The maximum atomic E-state index is 11.9. The number of nitrogens with zero attached hydrogens (tertiary/aromatic N) is 1. The lowest BCUT2D eigenvalue weighted by atomic mass is 10.1. The van der Waals surface area contributed by atoms with Gasteiger partial charge in [0, 0.05) is 32.2 Å². The number of hydrogen-bond acceptors (Lipinski definition) is 2. The molecule has 146 valence electrons. The summed E-state index contributed by atoms with van der Waals surface area (Å²) in [6.45, 7) is 8.06. The lowest BCUT2D eigenvalue weighted by Gasteiger charge is -2.14. The average Bonchev–Trinajstić information content (AvgIpc) is 2.63. The molecule has 0 aliphatic heterocycles. The molecule has 0 aromatic heterocycles. The van der Waals surface area contributed by atoms with Crippen molar-refractivity contribution in [3.8, 4) is 0 Å². The first-order chi connectivity index (χ1) is 12.5. The van der Waals surface area contributed by atoms with Gasteiger partial charge in [-0.2, -0.15) is 0 Å². The highest BCUT2D eigenvalue weighted by atomic mass is 127. The Hall–Kier alpha value is -2.09. The molecule has 3 N–H and O–H groups in total. The van der Waals surface area contributed by atoms with Gasteiger partial charge in [0.1, 0.15) is 0 Å². The summed E-state index contributed by atoms with van der Waals surface area (Å²) in [5, 5.41) is 9.44. The van der Waals surface area contributed by atoms with E-state index in [0.717, 1.165) is 11.5 Å². The highest BCUT2D eigenvalue weighted by molar-refractivity contribution is 14.0. The summed E-state index contributed by atoms with van der Waals surface area (Å²) in [6, 6.07) is 14.0. The van der Waals surface area contributed by atoms with E-state index in [-0.39, 0.29) is 29.9 Å². The van der Waals surface area contributed by atoms with Crippen molar-refractivity contribution in [2.75, 3.05) is 13.6 Å². The number of carbonyl (C=O) groups excluding carboxylic acids is 1. The van der Waals surface area contributed by atoms with Gasteiger partial charge in [0.25, 0.3) is 5.91 Å². The Kier molecular flexibility index (Phi) is 9.85. The van der Waals surface area contributed by atoms with E-state index in [2.05, 4.69) is 53.0 Å². The molecule has 0 heterocycles. The molecule has 0 fully saturated rings. The highest BCUT2D eigenvalue weighted by Gasteiger charge is 2.06. The first-order valence-corrected chi connectivity index (χ1v) is 8.91. The summed E-state index contributed by atoms with van der Waals surface area (Å²) in [7, 11) is 1.75. The molecule has 5 nitrogen and oxygen atoms in total. The molecule has 0 saturated heterocycles. The van der Waals surface area contributed by atoms with Gasteiger partial charge in [-0.25, -0.2) is 0 Å². The second-order valence-corrected chi connectivity index (χ2v) is 6.27. The van der Waals surface area contributed by atoms with E-state index in [1.807, 2.05) is 31.2 Å². The third-order valence-electron chi connectivity index (χ3n) is 4.15. The molecular weight excluding hydrogens is 451 g/mol. The number of halogens is 1. The number of amides is 1. The summed E-state index contributed by atoms with van der Waals surface area (Å²) in [6.07, 6.45) is 0. The fraction of sp³-hybridized carbons (Fsp3) is 0.333. The average molecular weight is 480 g/mol. The normalized spacial score (nSPS) is 10.7. The minimum Gasteiger partial charge on any atom is -0.352 e.